The third-order valence-corrected chi connectivity index (χ3v) is 11.2. The van der Waals surface area contributed by atoms with Crippen molar-refractivity contribution in [3.63, 3.8) is 0 Å². The van der Waals surface area contributed by atoms with Gasteiger partial charge in [-0.25, -0.2) is 35.0 Å². The molecule has 42 heavy (non-hydrogen) atoms. The number of rotatable bonds is 8. The van der Waals surface area contributed by atoms with Crippen LogP contribution in [0.5, 0.6) is 0 Å². The molecule has 0 bridgehead atoms. The van der Waals surface area contributed by atoms with Crippen LogP contribution in [0, 0.1) is 24.4 Å². The minimum Gasteiger partial charge on any atom is -0.291 e. The third-order valence-electron chi connectivity index (χ3n) is 6.90. The standard InChI is InChI=1S/C28H25ClF3N3O4S3/c1-16-12-17(6-11-23(16)29)21-4-3-5-26-27(21)35(19-9-7-18(30)8-10-19)28(33-26)40-15-22-24(31)13-20(14-25(22)32)42(38,39)34-41(2,36)37/h6-14,21,34H,3-5,15H2,1-2H3. The van der Waals surface area contributed by atoms with Crippen molar-refractivity contribution in [3.05, 3.63) is 105 Å². The summed E-state index contributed by atoms with van der Waals surface area (Å²) >= 11 is 7.32. The van der Waals surface area contributed by atoms with Gasteiger partial charge in [-0.3, -0.25) is 4.57 Å². The summed E-state index contributed by atoms with van der Waals surface area (Å²) in [7, 11) is -8.92. The summed E-state index contributed by atoms with van der Waals surface area (Å²) in [6.07, 6.45) is 2.99. The molecular formula is C28H25ClF3N3O4S3. The van der Waals surface area contributed by atoms with Crippen molar-refractivity contribution in [1.82, 2.24) is 13.7 Å². The van der Waals surface area contributed by atoms with Crippen LogP contribution in [0.3, 0.4) is 0 Å². The Kier molecular flexibility index (Phi) is 8.52. The van der Waals surface area contributed by atoms with Crippen molar-refractivity contribution >= 4 is 43.4 Å². The van der Waals surface area contributed by atoms with Crippen LogP contribution in [-0.4, -0.2) is 32.6 Å². The van der Waals surface area contributed by atoms with Crippen LogP contribution in [0.2, 0.25) is 5.02 Å². The normalized spacial score (nSPS) is 15.5. The second kappa shape index (κ2) is 11.7. The molecule has 0 aliphatic heterocycles. The number of aryl methyl sites for hydroxylation is 2. The molecule has 0 radical (unpaired) electrons. The van der Waals surface area contributed by atoms with Gasteiger partial charge in [0.15, 0.2) is 5.16 Å². The van der Waals surface area contributed by atoms with Crippen molar-refractivity contribution in [2.24, 2.45) is 0 Å². The van der Waals surface area contributed by atoms with Crippen LogP contribution in [0.1, 0.15) is 46.8 Å². The molecule has 3 aromatic carbocycles. The molecule has 1 N–H and O–H groups in total. The average molecular weight is 656 g/mol. The summed E-state index contributed by atoms with van der Waals surface area (Å²) in [6.45, 7) is 1.92. The number of aromatic nitrogens is 2. The first-order valence-electron chi connectivity index (χ1n) is 12.7. The number of imidazole rings is 1. The van der Waals surface area contributed by atoms with Gasteiger partial charge in [-0.05, 0) is 79.8 Å². The van der Waals surface area contributed by atoms with E-state index in [0.717, 1.165) is 47.1 Å². The molecule has 1 atom stereocenters. The highest BCUT2D eigenvalue weighted by Crippen LogP contribution is 2.42. The third kappa shape index (κ3) is 6.40. The van der Waals surface area contributed by atoms with Crippen LogP contribution in [0.4, 0.5) is 13.2 Å². The number of fused-ring (bicyclic) bond motifs is 1. The second-order valence-corrected chi connectivity index (χ2v) is 15.0. The van der Waals surface area contributed by atoms with Crippen molar-refractivity contribution in [1.29, 1.82) is 0 Å². The lowest BCUT2D eigenvalue weighted by molar-refractivity contribution is 0.551. The fourth-order valence-electron chi connectivity index (χ4n) is 5.01. The first-order valence-corrected chi connectivity index (χ1v) is 17.4. The van der Waals surface area contributed by atoms with E-state index in [1.807, 2.05) is 29.7 Å². The van der Waals surface area contributed by atoms with Gasteiger partial charge < -0.3 is 0 Å². The molecule has 5 rings (SSSR count). The second-order valence-electron chi connectivity index (χ2n) is 10.0. The predicted molar refractivity (Wildman–Crippen MR) is 156 cm³/mol. The van der Waals surface area contributed by atoms with Gasteiger partial charge in [0.25, 0.3) is 10.0 Å². The van der Waals surface area contributed by atoms with E-state index in [2.05, 4.69) is 0 Å². The SMILES string of the molecule is Cc1cc(C2CCCc3nc(SCc4c(F)cc(S(=O)(=O)NS(C)(=O)=O)cc4F)n(-c4ccc(F)cc4)c32)ccc1Cl. The molecule has 222 valence electrons. The summed E-state index contributed by atoms with van der Waals surface area (Å²) in [4.78, 5) is 3.97. The van der Waals surface area contributed by atoms with E-state index in [1.165, 1.54) is 16.3 Å². The van der Waals surface area contributed by atoms with Gasteiger partial charge in [-0.15, -0.1) is 4.13 Å². The highest BCUT2D eigenvalue weighted by molar-refractivity contribution is 8.04. The monoisotopic (exact) mass is 655 g/mol. The molecule has 1 aliphatic rings. The van der Waals surface area contributed by atoms with Gasteiger partial charge in [0.05, 0.1) is 22.5 Å². The molecule has 0 spiro atoms. The van der Waals surface area contributed by atoms with Crippen LogP contribution >= 0.6 is 23.4 Å². The molecule has 1 aliphatic carbocycles. The maximum atomic E-state index is 15.1. The van der Waals surface area contributed by atoms with Crippen molar-refractivity contribution in [2.75, 3.05) is 6.26 Å². The molecule has 1 unspecified atom stereocenters. The topological polar surface area (TPSA) is 98.1 Å². The number of nitrogens with zero attached hydrogens (tertiary/aromatic N) is 2. The minimum absolute atomic E-state index is 0.0584. The lowest BCUT2D eigenvalue weighted by atomic mass is 9.83. The Hall–Kier alpha value is -2.84. The summed E-state index contributed by atoms with van der Waals surface area (Å²) in [5.41, 5.74) is 3.89. The van der Waals surface area contributed by atoms with E-state index in [-0.39, 0.29) is 11.7 Å². The lowest BCUT2D eigenvalue weighted by Gasteiger charge is -2.25. The maximum absolute atomic E-state index is 15.1. The zero-order valence-electron chi connectivity index (χ0n) is 22.4. The van der Waals surface area contributed by atoms with E-state index in [1.54, 1.807) is 12.1 Å². The molecule has 1 aromatic heterocycles. The first kappa shape index (κ1) is 30.6. The zero-order valence-corrected chi connectivity index (χ0v) is 25.6. The molecule has 7 nitrogen and oxygen atoms in total. The Bertz CT molecular complexity index is 1870. The summed E-state index contributed by atoms with van der Waals surface area (Å²) < 4.78 is 94.6. The number of sulfonamides is 2. The summed E-state index contributed by atoms with van der Waals surface area (Å²) in [5.74, 6) is -3.04. The van der Waals surface area contributed by atoms with E-state index in [4.69, 9.17) is 16.6 Å². The van der Waals surface area contributed by atoms with E-state index in [9.17, 15) is 21.2 Å². The Morgan fingerprint density at radius 3 is 2.31 bits per heavy atom. The number of hydrogen-bond donors (Lipinski definition) is 1. The molecule has 14 heteroatoms. The molecule has 0 amide bonds. The lowest BCUT2D eigenvalue weighted by Crippen LogP contribution is -2.29. The van der Waals surface area contributed by atoms with E-state index in [0.29, 0.717) is 40.7 Å². The van der Waals surface area contributed by atoms with Gasteiger partial charge in [0.1, 0.15) is 17.5 Å². The van der Waals surface area contributed by atoms with Crippen molar-refractivity contribution in [3.8, 4) is 5.69 Å². The van der Waals surface area contributed by atoms with Crippen LogP contribution < -0.4 is 4.13 Å². The predicted octanol–water partition coefficient (Wildman–Crippen LogP) is 6.25. The Balaban J connectivity index is 1.55. The molecule has 1 heterocycles. The summed E-state index contributed by atoms with van der Waals surface area (Å²) in [6, 6.07) is 12.8. The molecule has 4 aromatic rings. The number of thioether (sulfide) groups is 1. The van der Waals surface area contributed by atoms with E-state index >= 15 is 8.78 Å². The van der Waals surface area contributed by atoms with E-state index < -0.39 is 48.0 Å². The fourth-order valence-corrected chi connectivity index (χ4v) is 8.68. The van der Waals surface area contributed by atoms with Crippen molar-refractivity contribution < 1.29 is 30.0 Å². The highest BCUT2D eigenvalue weighted by Gasteiger charge is 2.31. The van der Waals surface area contributed by atoms with Gasteiger partial charge in [0, 0.05) is 27.9 Å². The molecule has 0 saturated heterocycles. The summed E-state index contributed by atoms with van der Waals surface area (Å²) in [5, 5.41) is 1.08. The van der Waals surface area contributed by atoms with Gasteiger partial charge in [0.2, 0.25) is 10.0 Å². The number of benzene rings is 3. The van der Waals surface area contributed by atoms with Crippen molar-refractivity contribution in [2.45, 2.75) is 47.9 Å². The quantitative estimate of drug-likeness (QED) is 0.226. The minimum atomic E-state index is -4.71. The fraction of sp³-hybridized carbons (Fsp3) is 0.250. The Morgan fingerprint density at radius 1 is 1.02 bits per heavy atom. The molecule has 0 saturated carbocycles. The van der Waals surface area contributed by atoms with Gasteiger partial charge in [-0.2, -0.15) is 0 Å². The Morgan fingerprint density at radius 2 is 1.69 bits per heavy atom. The van der Waals surface area contributed by atoms with Crippen LogP contribution in [-0.2, 0) is 32.2 Å². The smallest absolute Gasteiger partial charge is 0.253 e. The highest BCUT2D eigenvalue weighted by atomic mass is 35.5. The zero-order chi connectivity index (χ0) is 30.4. The van der Waals surface area contributed by atoms with Crippen LogP contribution in [0.15, 0.2) is 64.6 Å². The largest absolute Gasteiger partial charge is 0.291 e. The van der Waals surface area contributed by atoms with Gasteiger partial charge >= 0.3 is 0 Å². The molecule has 0 fully saturated rings. The number of hydrogen-bond acceptors (Lipinski definition) is 6. The first-order chi connectivity index (χ1) is 19.7. The number of halogens is 4. The van der Waals surface area contributed by atoms with Gasteiger partial charge in [-0.1, -0.05) is 35.5 Å². The number of nitrogens with one attached hydrogen (secondary N) is 1. The van der Waals surface area contributed by atoms with Crippen LogP contribution in [0.25, 0.3) is 5.69 Å². The maximum Gasteiger partial charge on any atom is 0.253 e. The molecular weight excluding hydrogens is 631 g/mol. The Labute approximate surface area is 251 Å². The average Bonchev–Trinajstić information content (AvgIpc) is 3.27.